The van der Waals surface area contributed by atoms with Gasteiger partial charge in [0.25, 0.3) is 5.91 Å². The Morgan fingerprint density at radius 2 is 1.95 bits per heavy atom. The molecule has 2 aromatic carbocycles. The van der Waals surface area contributed by atoms with E-state index in [1.165, 1.54) is 23.8 Å². The maximum atomic E-state index is 13.0. The van der Waals surface area contributed by atoms with Crippen molar-refractivity contribution in [1.82, 2.24) is 5.32 Å². The first kappa shape index (κ1) is 13.1. The van der Waals surface area contributed by atoms with Crippen LogP contribution in [-0.2, 0) is 13.1 Å². The number of carbonyl (C=O) groups is 1. The van der Waals surface area contributed by atoms with Crippen LogP contribution in [0.1, 0.15) is 21.5 Å². The van der Waals surface area contributed by atoms with Crippen molar-refractivity contribution in [2.24, 2.45) is 0 Å². The zero-order chi connectivity index (χ0) is 14.1. The predicted octanol–water partition coefficient (Wildman–Crippen LogP) is 3.33. The minimum Gasteiger partial charge on any atom is -0.321 e. The highest BCUT2D eigenvalue weighted by atomic mass is 35.5. The van der Waals surface area contributed by atoms with Crippen LogP contribution in [0, 0.1) is 5.82 Å². The average molecular weight is 291 g/mol. The van der Waals surface area contributed by atoms with E-state index in [4.69, 9.17) is 11.6 Å². The number of nitrogens with one attached hydrogen (secondary N) is 2. The summed E-state index contributed by atoms with van der Waals surface area (Å²) in [6.45, 7) is 1.61. The van der Waals surface area contributed by atoms with Gasteiger partial charge in [0.1, 0.15) is 5.82 Å². The third-order valence-electron chi connectivity index (χ3n) is 3.28. The molecule has 0 saturated carbocycles. The molecule has 0 radical (unpaired) electrons. The van der Waals surface area contributed by atoms with Gasteiger partial charge in [-0.05, 0) is 41.5 Å². The molecule has 3 nitrogen and oxygen atoms in total. The van der Waals surface area contributed by atoms with Crippen molar-refractivity contribution in [3.8, 4) is 0 Å². The molecule has 0 fully saturated rings. The first-order chi connectivity index (χ1) is 9.63. The SMILES string of the molecule is O=C(Nc1ccc(F)cc1Cl)c1ccc2c(c1)CNC2. The molecule has 3 rings (SSSR count). The Labute approximate surface area is 120 Å². The molecular formula is C15H12ClFN2O. The number of hydrogen-bond donors (Lipinski definition) is 2. The number of carbonyl (C=O) groups excluding carboxylic acids is 1. The van der Waals surface area contributed by atoms with E-state index in [0.29, 0.717) is 11.3 Å². The Hall–Kier alpha value is -1.91. The standard InChI is InChI=1S/C15H12ClFN2O/c16-13-6-12(17)3-4-14(13)19-15(20)9-1-2-10-7-18-8-11(10)5-9/h1-6,18H,7-8H2,(H,19,20). The Bertz CT molecular complexity index is 688. The molecule has 5 heteroatoms. The summed E-state index contributed by atoms with van der Waals surface area (Å²) >= 11 is 5.89. The smallest absolute Gasteiger partial charge is 0.255 e. The number of halogens is 2. The third-order valence-corrected chi connectivity index (χ3v) is 3.59. The van der Waals surface area contributed by atoms with Crippen molar-refractivity contribution < 1.29 is 9.18 Å². The molecule has 102 valence electrons. The molecule has 0 spiro atoms. The largest absolute Gasteiger partial charge is 0.321 e. The molecule has 0 unspecified atom stereocenters. The molecule has 2 aromatic rings. The second-order valence-electron chi connectivity index (χ2n) is 4.67. The van der Waals surface area contributed by atoms with E-state index in [2.05, 4.69) is 10.6 Å². The van der Waals surface area contributed by atoms with Crippen LogP contribution >= 0.6 is 11.6 Å². The first-order valence-corrected chi connectivity index (χ1v) is 6.60. The first-order valence-electron chi connectivity index (χ1n) is 6.22. The number of fused-ring (bicyclic) bond motifs is 1. The summed E-state index contributed by atoms with van der Waals surface area (Å²) in [6.07, 6.45) is 0. The molecule has 0 saturated heterocycles. The fraction of sp³-hybridized carbons (Fsp3) is 0.133. The summed E-state index contributed by atoms with van der Waals surface area (Å²) in [5.41, 5.74) is 3.30. The van der Waals surface area contributed by atoms with E-state index in [9.17, 15) is 9.18 Å². The number of amides is 1. The van der Waals surface area contributed by atoms with Gasteiger partial charge in [0.15, 0.2) is 0 Å². The van der Waals surface area contributed by atoms with Crippen LogP contribution in [-0.4, -0.2) is 5.91 Å². The minimum atomic E-state index is -0.434. The van der Waals surface area contributed by atoms with Gasteiger partial charge in [0.2, 0.25) is 0 Å². The topological polar surface area (TPSA) is 41.1 Å². The summed E-state index contributed by atoms with van der Waals surface area (Å²) in [4.78, 5) is 12.2. The Morgan fingerprint density at radius 1 is 1.15 bits per heavy atom. The van der Waals surface area contributed by atoms with Crippen molar-refractivity contribution in [3.05, 3.63) is 63.9 Å². The lowest BCUT2D eigenvalue weighted by atomic mass is 10.1. The number of benzene rings is 2. The summed E-state index contributed by atoms with van der Waals surface area (Å²) in [5, 5.41) is 6.09. The molecule has 1 aliphatic rings. The van der Waals surface area contributed by atoms with E-state index in [1.54, 1.807) is 6.07 Å². The third kappa shape index (κ3) is 2.53. The molecule has 1 aliphatic heterocycles. The highest BCUT2D eigenvalue weighted by Crippen LogP contribution is 2.24. The molecular weight excluding hydrogens is 279 g/mol. The van der Waals surface area contributed by atoms with Gasteiger partial charge in [0, 0.05) is 18.7 Å². The molecule has 0 aliphatic carbocycles. The number of rotatable bonds is 2. The van der Waals surface area contributed by atoms with Crippen molar-refractivity contribution >= 4 is 23.2 Å². The van der Waals surface area contributed by atoms with Crippen molar-refractivity contribution in [1.29, 1.82) is 0 Å². The molecule has 2 N–H and O–H groups in total. The second-order valence-corrected chi connectivity index (χ2v) is 5.07. The van der Waals surface area contributed by atoms with Gasteiger partial charge in [-0.3, -0.25) is 4.79 Å². The molecule has 1 heterocycles. The van der Waals surface area contributed by atoms with Gasteiger partial charge in [-0.15, -0.1) is 0 Å². The lowest BCUT2D eigenvalue weighted by molar-refractivity contribution is 0.102. The van der Waals surface area contributed by atoms with Crippen LogP contribution in [0.2, 0.25) is 5.02 Å². The van der Waals surface area contributed by atoms with Crippen LogP contribution in [0.25, 0.3) is 0 Å². The Balaban J connectivity index is 1.82. The highest BCUT2D eigenvalue weighted by Gasteiger charge is 2.14. The van der Waals surface area contributed by atoms with E-state index in [0.717, 1.165) is 18.7 Å². The van der Waals surface area contributed by atoms with Crippen molar-refractivity contribution in [3.63, 3.8) is 0 Å². The number of hydrogen-bond acceptors (Lipinski definition) is 2. The minimum absolute atomic E-state index is 0.182. The summed E-state index contributed by atoms with van der Waals surface area (Å²) in [5.74, 6) is -0.690. The van der Waals surface area contributed by atoms with Crippen LogP contribution in [0.5, 0.6) is 0 Å². The maximum Gasteiger partial charge on any atom is 0.255 e. The van der Waals surface area contributed by atoms with Gasteiger partial charge in [-0.2, -0.15) is 0 Å². The van der Waals surface area contributed by atoms with Gasteiger partial charge in [0.05, 0.1) is 10.7 Å². The van der Waals surface area contributed by atoms with Crippen LogP contribution in [0.4, 0.5) is 10.1 Å². The highest BCUT2D eigenvalue weighted by molar-refractivity contribution is 6.33. The van der Waals surface area contributed by atoms with Gasteiger partial charge in [-0.1, -0.05) is 17.7 Å². The van der Waals surface area contributed by atoms with Crippen molar-refractivity contribution in [2.45, 2.75) is 13.1 Å². The maximum absolute atomic E-state index is 13.0. The Morgan fingerprint density at radius 3 is 2.75 bits per heavy atom. The Kier molecular flexibility index (Phi) is 3.42. The molecule has 20 heavy (non-hydrogen) atoms. The molecule has 1 amide bonds. The lowest BCUT2D eigenvalue weighted by Crippen LogP contribution is -2.12. The summed E-state index contributed by atoms with van der Waals surface area (Å²) in [7, 11) is 0. The van der Waals surface area contributed by atoms with Gasteiger partial charge >= 0.3 is 0 Å². The summed E-state index contributed by atoms with van der Waals surface area (Å²) < 4.78 is 13.0. The zero-order valence-electron chi connectivity index (χ0n) is 10.5. The normalized spacial score (nSPS) is 13.1. The fourth-order valence-corrected chi connectivity index (χ4v) is 2.44. The number of anilines is 1. The molecule has 0 atom stereocenters. The molecule has 0 aromatic heterocycles. The zero-order valence-corrected chi connectivity index (χ0v) is 11.3. The van der Waals surface area contributed by atoms with Crippen molar-refractivity contribution in [2.75, 3.05) is 5.32 Å². The van der Waals surface area contributed by atoms with E-state index in [1.807, 2.05) is 12.1 Å². The fourth-order valence-electron chi connectivity index (χ4n) is 2.22. The van der Waals surface area contributed by atoms with Gasteiger partial charge in [-0.25, -0.2) is 4.39 Å². The average Bonchev–Trinajstić information content (AvgIpc) is 2.89. The monoisotopic (exact) mass is 290 g/mol. The quantitative estimate of drug-likeness (QED) is 0.891. The van der Waals surface area contributed by atoms with Crippen LogP contribution < -0.4 is 10.6 Å². The van der Waals surface area contributed by atoms with E-state index < -0.39 is 5.82 Å². The predicted molar refractivity (Wildman–Crippen MR) is 76.3 cm³/mol. The van der Waals surface area contributed by atoms with Gasteiger partial charge < -0.3 is 10.6 Å². The second kappa shape index (κ2) is 5.23. The van der Waals surface area contributed by atoms with E-state index >= 15 is 0 Å². The lowest BCUT2D eigenvalue weighted by Gasteiger charge is -2.08. The molecule has 0 bridgehead atoms. The van der Waals surface area contributed by atoms with Crippen LogP contribution in [0.3, 0.4) is 0 Å². The van der Waals surface area contributed by atoms with E-state index in [-0.39, 0.29) is 10.9 Å². The van der Waals surface area contributed by atoms with Crippen LogP contribution in [0.15, 0.2) is 36.4 Å². The summed E-state index contributed by atoms with van der Waals surface area (Å²) in [6, 6.07) is 9.46.